The van der Waals surface area contributed by atoms with Gasteiger partial charge in [0, 0.05) is 6.54 Å². The lowest BCUT2D eigenvalue weighted by atomic mass is 9.80. The maximum atomic E-state index is 6.32. The third-order valence-corrected chi connectivity index (χ3v) is 4.30. The number of likely N-dealkylation sites (N-methyl/N-ethyl adjacent to an activating group) is 1. The quantitative estimate of drug-likeness (QED) is 0.778. The summed E-state index contributed by atoms with van der Waals surface area (Å²) in [7, 11) is 2.00. The van der Waals surface area contributed by atoms with Gasteiger partial charge in [-0.2, -0.15) is 0 Å². The van der Waals surface area contributed by atoms with Gasteiger partial charge < -0.3 is 10.1 Å². The van der Waals surface area contributed by atoms with Gasteiger partial charge in [0.1, 0.15) is 0 Å². The Morgan fingerprint density at radius 3 is 2.44 bits per heavy atom. The fourth-order valence-electron chi connectivity index (χ4n) is 2.63. The van der Waals surface area contributed by atoms with E-state index in [2.05, 4.69) is 33.0 Å². The van der Waals surface area contributed by atoms with Crippen molar-refractivity contribution in [1.82, 2.24) is 5.32 Å². The van der Waals surface area contributed by atoms with E-state index in [0.717, 1.165) is 24.8 Å². The summed E-state index contributed by atoms with van der Waals surface area (Å²) >= 11 is 0. The van der Waals surface area contributed by atoms with Crippen molar-refractivity contribution in [2.24, 2.45) is 11.8 Å². The molecule has 0 bridgehead atoms. The number of nitrogens with one attached hydrogen (secondary N) is 1. The van der Waals surface area contributed by atoms with Crippen molar-refractivity contribution in [2.45, 2.75) is 65.1 Å². The van der Waals surface area contributed by atoms with Crippen molar-refractivity contribution in [3.05, 3.63) is 0 Å². The van der Waals surface area contributed by atoms with Crippen LogP contribution in [-0.4, -0.2) is 25.3 Å². The van der Waals surface area contributed by atoms with Crippen LogP contribution >= 0.6 is 0 Å². The van der Waals surface area contributed by atoms with Gasteiger partial charge >= 0.3 is 0 Å². The SMILES string of the molecule is CCC(C)(CNC)OC1CCC(C)C(C)C1. The van der Waals surface area contributed by atoms with Crippen LogP contribution in [0.1, 0.15) is 53.4 Å². The minimum atomic E-state index is 0.0136. The number of hydrogen-bond donors (Lipinski definition) is 1. The number of ether oxygens (including phenoxy) is 1. The number of hydrogen-bond acceptors (Lipinski definition) is 2. The fraction of sp³-hybridized carbons (Fsp3) is 1.00. The molecule has 1 fully saturated rings. The zero-order valence-corrected chi connectivity index (χ0v) is 11.7. The summed E-state index contributed by atoms with van der Waals surface area (Å²) in [6.07, 6.45) is 5.36. The second-order valence-electron chi connectivity index (χ2n) is 5.84. The maximum absolute atomic E-state index is 6.32. The Morgan fingerprint density at radius 1 is 1.25 bits per heavy atom. The van der Waals surface area contributed by atoms with Gasteiger partial charge in [0.05, 0.1) is 11.7 Å². The predicted molar refractivity (Wildman–Crippen MR) is 69.7 cm³/mol. The van der Waals surface area contributed by atoms with Gasteiger partial charge in [-0.05, 0) is 51.5 Å². The molecule has 4 unspecified atom stereocenters. The number of rotatable bonds is 5. The maximum Gasteiger partial charge on any atom is 0.0779 e. The molecule has 1 rings (SSSR count). The van der Waals surface area contributed by atoms with E-state index in [0.29, 0.717) is 6.10 Å². The van der Waals surface area contributed by atoms with Crippen molar-refractivity contribution < 1.29 is 4.74 Å². The molecule has 0 aromatic rings. The molecule has 0 aromatic heterocycles. The van der Waals surface area contributed by atoms with Crippen LogP contribution in [-0.2, 0) is 4.74 Å². The molecule has 1 aliphatic rings. The molecule has 0 heterocycles. The van der Waals surface area contributed by atoms with Crippen LogP contribution in [0, 0.1) is 11.8 Å². The van der Waals surface area contributed by atoms with Gasteiger partial charge in [0.2, 0.25) is 0 Å². The molecule has 0 spiro atoms. The highest BCUT2D eigenvalue weighted by Crippen LogP contribution is 2.33. The first-order valence-electron chi connectivity index (χ1n) is 6.83. The van der Waals surface area contributed by atoms with E-state index in [-0.39, 0.29) is 5.60 Å². The Hall–Kier alpha value is -0.0800. The van der Waals surface area contributed by atoms with Gasteiger partial charge in [-0.1, -0.05) is 20.8 Å². The first-order valence-corrected chi connectivity index (χ1v) is 6.83. The van der Waals surface area contributed by atoms with Gasteiger partial charge in [-0.15, -0.1) is 0 Å². The Morgan fingerprint density at radius 2 is 1.94 bits per heavy atom. The molecule has 1 saturated carbocycles. The Bertz CT molecular complexity index is 207. The van der Waals surface area contributed by atoms with Crippen molar-refractivity contribution in [3.63, 3.8) is 0 Å². The van der Waals surface area contributed by atoms with Crippen LogP contribution in [0.2, 0.25) is 0 Å². The fourth-order valence-corrected chi connectivity index (χ4v) is 2.63. The summed E-state index contributed by atoms with van der Waals surface area (Å²) in [5, 5.41) is 3.24. The summed E-state index contributed by atoms with van der Waals surface area (Å²) in [5.41, 5.74) is 0.0136. The largest absolute Gasteiger partial charge is 0.371 e. The highest BCUT2D eigenvalue weighted by molar-refractivity contribution is 4.82. The van der Waals surface area contributed by atoms with E-state index in [1.165, 1.54) is 19.3 Å². The molecule has 4 atom stereocenters. The molecule has 1 aliphatic carbocycles. The van der Waals surface area contributed by atoms with Crippen LogP contribution in [0.4, 0.5) is 0 Å². The molecule has 16 heavy (non-hydrogen) atoms. The van der Waals surface area contributed by atoms with Gasteiger partial charge in [-0.3, -0.25) is 0 Å². The second kappa shape index (κ2) is 6.02. The lowest BCUT2D eigenvalue weighted by molar-refractivity contribution is -0.106. The zero-order chi connectivity index (χ0) is 12.2. The molecule has 0 aliphatic heterocycles. The molecule has 1 N–H and O–H groups in total. The average Bonchev–Trinajstić information content (AvgIpc) is 2.24. The average molecular weight is 227 g/mol. The van der Waals surface area contributed by atoms with Gasteiger partial charge in [-0.25, -0.2) is 0 Å². The summed E-state index contributed by atoms with van der Waals surface area (Å²) in [6.45, 7) is 10.1. The van der Waals surface area contributed by atoms with Crippen molar-refractivity contribution in [3.8, 4) is 0 Å². The molecule has 0 aromatic carbocycles. The Labute approximate surface area is 101 Å². The first kappa shape index (κ1) is 14.0. The van der Waals surface area contributed by atoms with E-state index >= 15 is 0 Å². The lowest BCUT2D eigenvalue weighted by Crippen LogP contribution is -2.43. The topological polar surface area (TPSA) is 21.3 Å². The van der Waals surface area contributed by atoms with Gasteiger partial charge in [0.15, 0.2) is 0 Å². The smallest absolute Gasteiger partial charge is 0.0779 e. The second-order valence-corrected chi connectivity index (χ2v) is 5.84. The summed E-state index contributed by atoms with van der Waals surface area (Å²) in [5.74, 6) is 1.69. The molecule has 2 nitrogen and oxygen atoms in total. The lowest BCUT2D eigenvalue weighted by Gasteiger charge is -2.38. The van der Waals surface area contributed by atoms with Crippen molar-refractivity contribution in [2.75, 3.05) is 13.6 Å². The van der Waals surface area contributed by atoms with Crippen LogP contribution in [0.25, 0.3) is 0 Å². The first-order chi connectivity index (χ1) is 7.50. The van der Waals surface area contributed by atoms with E-state index in [1.807, 2.05) is 7.05 Å². The van der Waals surface area contributed by atoms with Crippen LogP contribution in [0.15, 0.2) is 0 Å². The van der Waals surface area contributed by atoms with Crippen molar-refractivity contribution >= 4 is 0 Å². The molecular formula is C14H29NO. The molecule has 0 saturated heterocycles. The molecular weight excluding hydrogens is 198 g/mol. The highest BCUT2D eigenvalue weighted by Gasteiger charge is 2.31. The van der Waals surface area contributed by atoms with Crippen LogP contribution < -0.4 is 5.32 Å². The van der Waals surface area contributed by atoms with Crippen molar-refractivity contribution in [1.29, 1.82) is 0 Å². The molecule has 0 radical (unpaired) electrons. The van der Waals surface area contributed by atoms with Crippen LogP contribution in [0.5, 0.6) is 0 Å². The van der Waals surface area contributed by atoms with E-state index in [4.69, 9.17) is 4.74 Å². The zero-order valence-electron chi connectivity index (χ0n) is 11.7. The minimum absolute atomic E-state index is 0.0136. The summed E-state index contributed by atoms with van der Waals surface area (Å²) in [6, 6.07) is 0. The molecule has 96 valence electrons. The van der Waals surface area contributed by atoms with E-state index < -0.39 is 0 Å². The minimum Gasteiger partial charge on any atom is -0.371 e. The molecule has 2 heteroatoms. The van der Waals surface area contributed by atoms with Crippen LogP contribution in [0.3, 0.4) is 0 Å². The third kappa shape index (κ3) is 3.74. The summed E-state index contributed by atoms with van der Waals surface area (Å²) in [4.78, 5) is 0. The van der Waals surface area contributed by atoms with Gasteiger partial charge in [0.25, 0.3) is 0 Å². The third-order valence-electron chi connectivity index (χ3n) is 4.30. The van der Waals surface area contributed by atoms with E-state index in [1.54, 1.807) is 0 Å². The van der Waals surface area contributed by atoms with E-state index in [9.17, 15) is 0 Å². The standard InChI is InChI=1S/C14H29NO/c1-6-14(4,10-15-5)16-13-8-7-11(2)12(3)9-13/h11-13,15H,6-10H2,1-5H3. The summed E-state index contributed by atoms with van der Waals surface area (Å²) < 4.78 is 6.32. The monoisotopic (exact) mass is 227 g/mol. The Kier molecular flexibility index (Phi) is 5.26. The predicted octanol–water partition coefficient (Wildman–Crippen LogP) is 3.22. The molecule has 0 amide bonds. The Balaban J connectivity index is 2.46. The normalized spacial score (nSPS) is 34.7. The highest BCUT2D eigenvalue weighted by atomic mass is 16.5.